The largest absolute Gasteiger partial charge is 0.478 e. The Bertz CT molecular complexity index is 404. The lowest BCUT2D eigenvalue weighted by Gasteiger charge is -2.18. The normalized spacial score (nSPS) is 10.9. The smallest absolute Gasteiger partial charge is 0.335 e. The van der Waals surface area contributed by atoms with Crippen LogP contribution in [0.1, 0.15) is 27.9 Å². The summed E-state index contributed by atoms with van der Waals surface area (Å²) >= 11 is 0. The van der Waals surface area contributed by atoms with Crippen LogP contribution in [0.25, 0.3) is 0 Å². The molecule has 0 aliphatic heterocycles. The molecule has 0 saturated carbocycles. The second-order valence-electron chi connectivity index (χ2n) is 4.53. The predicted octanol–water partition coefficient (Wildman–Crippen LogP) is 2.16. The van der Waals surface area contributed by atoms with Gasteiger partial charge in [0, 0.05) is 26.8 Å². The van der Waals surface area contributed by atoms with Crippen LogP contribution in [0.2, 0.25) is 0 Å². The van der Waals surface area contributed by atoms with E-state index in [9.17, 15) is 4.79 Å². The molecule has 0 aromatic heterocycles. The number of carboxylic acids is 1. The molecule has 0 fully saturated rings. The fraction of sp³-hybridized carbons (Fsp3) is 0.500. The minimum Gasteiger partial charge on any atom is -0.478 e. The minimum absolute atomic E-state index is 0.346. The fourth-order valence-corrected chi connectivity index (χ4v) is 1.85. The number of carbonyl (C=O) groups is 1. The fourth-order valence-electron chi connectivity index (χ4n) is 1.85. The first-order chi connectivity index (χ1) is 8.54. The Hall–Kier alpha value is -1.39. The van der Waals surface area contributed by atoms with Crippen molar-refractivity contribution in [2.24, 2.45) is 0 Å². The molecule has 1 rings (SSSR count). The van der Waals surface area contributed by atoms with Crippen LogP contribution in [0, 0.1) is 6.92 Å². The lowest BCUT2D eigenvalue weighted by atomic mass is 10.0. The van der Waals surface area contributed by atoms with Crippen LogP contribution in [0.5, 0.6) is 0 Å². The number of aryl methyl sites for hydroxylation is 1. The number of ether oxygens (including phenoxy) is 1. The van der Waals surface area contributed by atoms with E-state index in [0.29, 0.717) is 5.56 Å². The molecule has 0 heterocycles. The summed E-state index contributed by atoms with van der Waals surface area (Å²) in [5, 5.41) is 8.90. The van der Waals surface area contributed by atoms with Gasteiger partial charge in [0.05, 0.1) is 5.56 Å². The Balaban J connectivity index is 2.59. The monoisotopic (exact) mass is 251 g/mol. The van der Waals surface area contributed by atoms with Crippen molar-refractivity contribution < 1.29 is 14.6 Å². The molecule has 0 aliphatic rings. The lowest BCUT2D eigenvalue weighted by molar-refractivity contribution is 0.0696. The van der Waals surface area contributed by atoms with Gasteiger partial charge in [0.2, 0.25) is 0 Å². The van der Waals surface area contributed by atoms with Crippen LogP contribution in [-0.2, 0) is 11.3 Å². The van der Waals surface area contributed by atoms with E-state index in [0.717, 1.165) is 31.7 Å². The number of aromatic carboxylic acids is 1. The van der Waals surface area contributed by atoms with E-state index in [1.165, 1.54) is 5.56 Å². The number of hydrogen-bond donors (Lipinski definition) is 1. The molecule has 0 aliphatic carbocycles. The molecule has 0 saturated heterocycles. The van der Waals surface area contributed by atoms with Crippen LogP contribution in [0.4, 0.5) is 0 Å². The lowest BCUT2D eigenvalue weighted by Crippen LogP contribution is -2.20. The molecule has 1 aromatic carbocycles. The van der Waals surface area contributed by atoms with Gasteiger partial charge in [-0.25, -0.2) is 4.79 Å². The van der Waals surface area contributed by atoms with Crippen molar-refractivity contribution in [2.45, 2.75) is 19.9 Å². The third kappa shape index (κ3) is 4.47. The summed E-state index contributed by atoms with van der Waals surface area (Å²) in [6, 6.07) is 5.28. The Morgan fingerprint density at radius 3 is 2.72 bits per heavy atom. The van der Waals surface area contributed by atoms with Crippen molar-refractivity contribution in [3.05, 3.63) is 34.9 Å². The highest BCUT2D eigenvalue weighted by atomic mass is 16.5. The zero-order chi connectivity index (χ0) is 13.5. The van der Waals surface area contributed by atoms with E-state index in [1.54, 1.807) is 19.2 Å². The van der Waals surface area contributed by atoms with Crippen molar-refractivity contribution in [1.29, 1.82) is 0 Å². The second kappa shape index (κ2) is 7.13. The van der Waals surface area contributed by atoms with Crippen molar-refractivity contribution in [3.8, 4) is 0 Å². The van der Waals surface area contributed by atoms with E-state index >= 15 is 0 Å². The molecular formula is C14H21NO3. The number of methoxy groups -OCH3 is 1. The molecule has 4 heteroatoms. The quantitative estimate of drug-likeness (QED) is 0.754. The van der Waals surface area contributed by atoms with Crippen molar-refractivity contribution in [3.63, 3.8) is 0 Å². The molecule has 4 nitrogen and oxygen atoms in total. The van der Waals surface area contributed by atoms with Gasteiger partial charge in [0.1, 0.15) is 0 Å². The van der Waals surface area contributed by atoms with E-state index in [2.05, 4.69) is 11.9 Å². The third-order valence-corrected chi connectivity index (χ3v) is 2.92. The first kappa shape index (κ1) is 14.7. The first-order valence-electron chi connectivity index (χ1n) is 6.05. The second-order valence-corrected chi connectivity index (χ2v) is 4.53. The average Bonchev–Trinajstić information content (AvgIpc) is 2.32. The predicted molar refractivity (Wildman–Crippen MR) is 71.0 cm³/mol. The van der Waals surface area contributed by atoms with Gasteiger partial charge in [0.15, 0.2) is 0 Å². The average molecular weight is 251 g/mol. The highest BCUT2D eigenvalue weighted by Crippen LogP contribution is 2.13. The Kier molecular flexibility index (Phi) is 5.82. The zero-order valence-electron chi connectivity index (χ0n) is 11.3. The van der Waals surface area contributed by atoms with Crippen molar-refractivity contribution >= 4 is 5.97 Å². The maximum atomic E-state index is 10.8. The Morgan fingerprint density at radius 2 is 2.17 bits per heavy atom. The van der Waals surface area contributed by atoms with Gasteiger partial charge in [-0.05, 0) is 43.7 Å². The van der Waals surface area contributed by atoms with E-state index in [1.807, 2.05) is 13.0 Å². The molecule has 0 amide bonds. The molecule has 100 valence electrons. The van der Waals surface area contributed by atoms with Crippen molar-refractivity contribution in [1.82, 2.24) is 4.90 Å². The van der Waals surface area contributed by atoms with Crippen LogP contribution in [-0.4, -0.2) is 43.3 Å². The van der Waals surface area contributed by atoms with Crippen LogP contribution < -0.4 is 0 Å². The Morgan fingerprint density at radius 1 is 1.44 bits per heavy atom. The zero-order valence-corrected chi connectivity index (χ0v) is 11.3. The molecule has 0 radical (unpaired) electrons. The van der Waals surface area contributed by atoms with Gasteiger partial charge in [0.25, 0.3) is 0 Å². The first-order valence-corrected chi connectivity index (χ1v) is 6.05. The van der Waals surface area contributed by atoms with Gasteiger partial charge < -0.3 is 14.7 Å². The summed E-state index contributed by atoms with van der Waals surface area (Å²) in [4.78, 5) is 13.0. The summed E-state index contributed by atoms with van der Waals surface area (Å²) in [5.74, 6) is -0.877. The molecule has 0 atom stereocenters. The standard InChI is InChI=1S/C14H21NO3/c1-11-9-12(14(16)17)5-6-13(11)10-15(2)7-4-8-18-3/h5-6,9H,4,7-8,10H2,1-3H3,(H,16,17). The van der Waals surface area contributed by atoms with Crippen LogP contribution >= 0.6 is 0 Å². The molecule has 0 unspecified atom stereocenters. The van der Waals surface area contributed by atoms with E-state index in [4.69, 9.17) is 9.84 Å². The topological polar surface area (TPSA) is 49.8 Å². The summed E-state index contributed by atoms with van der Waals surface area (Å²) < 4.78 is 5.02. The van der Waals surface area contributed by atoms with Crippen molar-refractivity contribution in [2.75, 3.05) is 27.3 Å². The summed E-state index contributed by atoms with van der Waals surface area (Å²) in [6.45, 7) is 4.51. The molecule has 1 aromatic rings. The highest BCUT2D eigenvalue weighted by molar-refractivity contribution is 5.87. The Labute approximate surface area is 108 Å². The maximum Gasteiger partial charge on any atom is 0.335 e. The molecule has 0 bridgehead atoms. The summed E-state index contributed by atoms with van der Waals surface area (Å²) in [5.41, 5.74) is 2.53. The van der Waals surface area contributed by atoms with Gasteiger partial charge in [-0.15, -0.1) is 0 Å². The summed E-state index contributed by atoms with van der Waals surface area (Å²) in [6.07, 6.45) is 0.999. The molecular weight excluding hydrogens is 230 g/mol. The van der Waals surface area contributed by atoms with Crippen LogP contribution in [0.3, 0.4) is 0 Å². The van der Waals surface area contributed by atoms with Gasteiger partial charge >= 0.3 is 5.97 Å². The number of benzene rings is 1. The number of hydrogen-bond acceptors (Lipinski definition) is 3. The van der Waals surface area contributed by atoms with Gasteiger partial charge in [-0.2, -0.15) is 0 Å². The minimum atomic E-state index is -0.877. The SMILES string of the molecule is COCCCN(C)Cc1ccc(C(=O)O)cc1C. The number of rotatable bonds is 7. The summed E-state index contributed by atoms with van der Waals surface area (Å²) in [7, 11) is 3.76. The van der Waals surface area contributed by atoms with E-state index in [-0.39, 0.29) is 0 Å². The highest BCUT2D eigenvalue weighted by Gasteiger charge is 2.07. The molecule has 0 spiro atoms. The number of carboxylic acid groups (broad SMARTS) is 1. The third-order valence-electron chi connectivity index (χ3n) is 2.92. The van der Waals surface area contributed by atoms with E-state index < -0.39 is 5.97 Å². The van der Waals surface area contributed by atoms with Gasteiger partial charge in [-0.1, -0.05) is 6.07 Å². The van der Waals surface area contributed by atoms with Crippen LogP contribution in [0.15, 0.2) is 18.2 Å². The number of nitrogens with zero attached hydrogens (tertiary/aromatic N) is 1. The molecule has 18 heavy (non-hydrogen) atoms. The molecule has 1 N–H and O–H groups in total. The van der Waals surface area contributed by atoms with Gasteiger partial charge in [-0.3, -0.25) is 0 Å². The maximum absolute atomic E-state index is 10.8.